The van der Waals surface area contributed by atoms with E-state index in [1.165, 1.54) is 0 Å². The SMILES string of the molecule is CCOC(=O)c1nn(Cc2ccc(Cl)cc2Cl)c2nc(N3CCN(C(=O)C4CCCCN4)CC3)cnc12. The largest absolute Gasteiger partial charge is 0.461 e. The molecule has 196 valence electrons. The van der Waals surface area contributed by atoms with Crippen LogP contribution in [0.3, 0.4) is 0 Å². The summed E-state index contributed by atoms with van der Waals surface area (Å²) in [5, 5.41) is 8.85. The van der Waals surface area contributed by atoms with Crippen molar-refractivity contribution in [3.05, 3.63) is 45.7 Å². The van der Waals surface area contributed by atoms with Gasteiger partial charge in [0, 0.05) is 36.2 Å². The summed E-state index contributed by atoms with van der Waals surface area (Å²) in [5.41, 5.74) is 1.71. The van der Waals surface area contributed by atoms with Crippen molar-refractivity contribution in [3.8, 4) is 0 Å². The second-order valence-electron chi connectivity index (χ2n) is 9.18. The van der Waals surface area contributed by atoms with Gasteiger partial charge >= 0.3 is 5.97 Å². The van der Waals surface area contributed by atoms with Crippen molar-refractivity contribution in [2.45, 2.75) is 38.8 Å². The highest BCUT2D eigenvalue weighted by molar-refractivity contribution is 6.35. The van der Waals surface area contributed by atoms with E-state index < -0.39 is 5.97 Å². The number of anilines is 1. The summed E-state index contributed by atoms with van der Waals surface area (Å²) < 4.78 is 6.80. The number of rotatable bonds is 6. The van der Waals surface area contributed by atoms with E-state index in [2.05, 4.69) is 20.3 Å². The molecule has 12 heteroatoms. The monoisotopic (exact) mass is 545 g/mol. The van der Waals surface area contributed by atoms with Crippen LogP contribution in [0.1, 0.15) is 42.2 Å². The van der Waals surface area contributed by atoms with E-state index in [0.717, 1.165) is 31.4 Å². The Morgan fingerprint density at radius 3 is 2.68 bits per heavy atom. The zero-order chi connectivity index (χ0) is 25.9. The van der Waals surface area contributed by atoms with Gasteiger partial charge in [-0.1, -0.05) is 35.7 Å². The van der Waals surface area contributed by atoms with Gasteiger partial charge in [-0.25, -0.2) is 19.4 Å². The highest BCUT2D eigenvalue weighted by Gasteiger charge is 2.29. The van der Waals surface area contributed by atoms with Crippen LogP contribution in [0, 0.1) is 0 Å². The summed E-state index contributed by atoms with van der Waals surface area (Å²) in [4.78, 5) is 38.9. The maximum Gasteiger partial charge on any atom is 0.361 e. The second-order valence-corrected chi connectivity index (χ2v) is 10.0. The summed E-state index contributed by atoms with van der Waals surface area (Å²) in [7, 11) is 0. The number of piperazine rings is 1. The third-order valence-corrected chi connectivity index (χ3v) is 7.35. The van der Waals surface area contributed by atoms with E-state index in [1.54, 1.807) is 29.9 Å². The first-order valence-corrected chi connectivity index (χ1v) is 13.3. The van der Waals surface area contributed by atoms with Crippen molar-refractivity contribution in [1.29, 1.82) is 0 Å². The zero-order valence-corrected chi connectivity index (χ0v) is 22.1. The van der Waals surface area contributed by atoms with Gasteiger partial charge in [0.2, 0.25) is 5.91 Å². The predicted octanol–water partition coefficient (Wildman–Crippen LogP) is 3.15. The third-order valence-electron chi connectivity index (χ3n) is 6.76. The molecule has 1 unspecified atom stereocenters. The molecule has 2 saturated heterocycles. The second kappa shape index (κ2) is 11.2. The highest BCUT2D eigenvalue weighted by Crippen LogP contribution is 2.25. The Hall–Kier alpha value is -2.95. The fourth-order valence-corrected chi connectivity index (χ4v) is 5.25. The molecular weight excluding hydrogens is 517 g/mol. The molecule has 2 aliphatic heterocycles. The molecule has 2 aliphatic rings. The molecule has 10 nitrogen and oxygen atoms in total. The van der Waals surface area contributed by atoms with Gasteiger partial charge in [0.15, 0.2) is 11.3 Å². The molecule has 2 aromatic heterocycles. The Morgan fingerprint density at radius 2 is 1.97 bits per heavy atom. The summed E-state index contributed by atoms with van der Waals surface area (Å²) in [5.74, 6) is 0.283. The van der Waals surface area contributed by atoms with Crippen LogP contribution in [0.2, 0.25) is 10.0 Å². The Labute approximate surface area is 224 Å². The number of ether oxygens (including phenoxy) is 1. The standard InChI is InChI=1S/C25H29Cl2N7O3/c1-2-37-25(36)22-21-23(34(31-22)15-16-6-7-17(26)13-18(16)27)30-20(14-29-21)32-9-11-33(12-10-32)24(35)19-5-3-4-8-28-19/h6-7,13-14,19,28H,2-5,8-12,15H2,1H3. The summed E-state index contributed by atoms with van der Waals surface area (Å²) in [6.45, 7) is 5.65. The Bertz CT molecular complexity index is 1300. The van der Waals surface area contributed by atoms with E-state index in [9.17, 15) is 9.59 Å². The molecular formula is C25H29Cl2N7O3. The molecule has 3 aromatic rings. The van der Waals surface area contributed by atoms with Gasteiger partial charge < -0.3 is 19.9 Å². The van der Waals surface area contributed by atoms with Crippen molar-refractivity contribution in [3.63, 3.8) is 0 Å². The number of hydrogen-bond acceptors (Lipinski definition) is 8. The van der Waals surface area contributed by atoms with Gasteiger partial charge in [-0.05, 0) is 44.0 Å². The first-order valence-electron chi connectivity index (χ1n) is 12.6. The van der Waals surface area contributed by atoms with Crippen molar-refractivity contribution >= 4 is 52.1 Å². The first-order chi connectivity index (χ1) is 17.9. The number of hydrogen-bond donors (Lipinski definition) is 1. The summed E-state index contributed by atoms with van der Waals surface area (Å²) >= 11 is 12.5. The maximum absolute atomic E-state index is 12.9. The molecule has 4 heterocycles. The van der Waals surface area contributed by atoms with E-state index in [1.807, 2.05) is 11.0 Å². The number of amides is 1. The fraction of sp³-hybridized carbons (Fsp3) is 0.480. The quantitative estimate of drug-likeness (QED) is 0.471. The van der Waals surface area contributed by atoms with Crippen LogP contribution in [-0.4, -0.2) is 81.9 Å². The van der Waals surface area contributed by atoms with E-state index in [4.69, 9.17) is 32.9 Å². The molecule has 1 amide bonds. The number of piperidine rings is 1. The van der Waals surface area contributed by atoms with Gasteiger partial charge in [0.25, 0.3) is 0 Å². The van der Waals surface area contributed by atoms with Crippen LogP contribution in [0.4, 0.5) is 5.82 Å². The maximum atomic E-state index is 12.9. The number of benzene rings is 1. The van der Waals surface area contributed by atoms with Gasteiger partial charge in [0.05, 0.1) is 25.4 Å². The summed E-state index contributed by atoms with van der Waals surface area (Å²) in [6, 6.07) is 5.15. The van der Waals surface area contributed by atoms with Crippen molar-refractivity contribution in [1.82, 2.24) is 30.0 Å². The molecule has 0 saturated carbocycles. The number of carbonyl (C=O) groups excluding carboxylic acids is 2. The minimum Gasteiger partial charge on any atom is -0.461 e. The Balaban J connectivity index is 1.39. The van der Waals surface area contributed by atoms with Crippen molar-refractivity contribution in [2.24, 2.45) is 0 Å². The number of carbonyl (C=O) groups is 2. The first kappa shape index (κ1) is 25.7. The number of nitrogens with one attached hydrogen (secondary N) is 1. The van der Waals surface area contributed by atoms with Crippen LogP contribution in [0.5, 0.6) is 0 Å². The molecule has 0 aliphatic carbocycles. The average molecular weight is 546 g/mol. The lowest BCUT2D eigenvalue weighted by molar-refractivity contribution is -0.134. The lowest BCUT2D eigenvalue weighted by atomic mass is 10.0. The van der Waals surface area contributed by atoms with Gasteiger partial charge in [0.1, 0.15) is 11.3 Å². The molecule has 0 spiro atoms. The lowest BCUT2D eigenvalue weighted by Crippen LogP contribution is -2.55. The average Bonchev–Trinajstić information content (AvgIpc) is 3.28. The Morgan fingerprint density at radius 1 is 1.16 bits per heavy atom. The minimum absolute atomic E-state index is 0.0771. The van der Waals surface area contributed by atoms with Crippen LogP contribution >= 0.6 is 23.2 Å². The van der Waals surface area contributed by atoms with E-state index >= 15 is 0 Å². The Kier molecular flexibility index (Phi) is 7.78. The number of halogens is 2. The van der Waals surface area contributed by atoms with Crippen LogP contribution in [-0.2, 0) is 16.1 Å². The third kappa shape index (κ3) is 5.51. The molecule has 1 aromatic carbocycles. The minimum atomic E-state index is -0.557. The smallest absolute Gasteiger partial charge is 0.361 e. The van der Waals surface area contributed by atoms with E-state index in [0.29, 0.717) is 53.2 Å². The normalized spacial score (nSPS) is 18.3. The summed E-state index contributed by atoms with van der Waals surface area (Å²) in [6.07, 6.45) is 4.75. The van der Waals surface area contributed by atoms with Gasteiger partial charge in [-0.2, -0.15) is 5.10 Å². The zero-order valence-electron chi connectivity index (χ0n) is 20.6. The highest BCUT2D eigenvalue weighted by atomic mass is 35.5. The van der Waals surface area contributed by atoms with Crippen LogP contribution in [0.25, 0.3) is 11.2 Å². The molecule has 37 heavy (non-hydrogen) atoms. The number of aromatic nitrogens is 4. The van der Waals surface area contributed by atoms with Crippen molar-refractivity contribution < 1.29 is 14.3 Å². The molecule has 0 bridgehead atoms. The number of fused-ring (bicyclic) bond motifs is 1. The topological polar surface area (TPSA) is 105 Å². The van der Waals surface area contributed by atoms with E-state index in [-0.39, 0.29) is 30.8 Å². The molecule has 5 rings (SSSR count). The fourth-order valence-electron chi connectivity index (χ4n) is 4.78. The molecule has 1 atom stereocenters. The lowest BCUT2D eigenvalue weighted by Gasteiger charge is -2.37. The van der Waals surface area contributed by atoms with Gasteiger partial charge in [-0.15, -0.1) is 0 Å². The van der Waals surface area contributed by atoms with Crippen LogP contribution in [0.15, 0.2) is 24.4 Å². The van der Waals surface area contributed by atoms with Crippen LogP contribution < -0.4 is 10.2 Å². The number of nitrogens with zero attached hydrogens (tertiary/aromatic N) is 6. The van der Waals surface area contributed by atoms with Gasteiger partial charge in [-0.3, -0.25) is 4.79 Å². The predicted molar refractivity (Wildman–Crippen MR) is 141 cm³/mol. The molecule has 2 fully saturated rings. The molecule has 1 N–H and O–H groups in total. The van der Waals surface area contributed by atoms with Crippen molar-refractivity contribution in [2.75, 3.05) is 44.2 Å². The number of esters is 1. The molecule has 0 radical (unpaired) electrons.